The Morgan fingerprint density at radius 1 is 1.29 bits per heavy atom. The van der Waals surface area contributed by atoms with Crippen LogP contribution < -0.4 is 15.5 Å². The number of benzene rings is 1. The van der Waals surface area contributed by atoms with Gasteiger partial charge in [0.15, 0.2) is 0 Å². The number of rotatable bonds is 7. The van der Waals surface area contributed by atoms with Crippen LogP contribution in [0, 0.1) is 5.82 Å². The van der Waals surface area contributed by atoms with Crippen molar-refractivity contribution >= 4 is 17.6 Å². The fourth-order valence-electron chi connectivity index (χ4n) is 2.78. The summed E-state index contributed by atoms with van der Waals surface area (Å²) in [4.78, 5) is 27.8. The van der Waals surface area contributed by atoms with Gasteiger partial charge in [0.2, 0.25) is 5.91 Å². The molecule has 1 aliphatic heterocycles. The van der Waals surface area contributed by atoms with E-state index < -0.39 is 0 Å². The highest BCUT2D eigenvalue weighted by molar-refractivity contribution is 5.96. The molecule has 1 aliphatic rings. The van der Waals surface area contributed by atoms with Crippen LogP contribution in [0.3, 0.4) is 0 Å². The molecule has 1 heterocycles. The summed E-state index contributed by atoms with van der Waals surface area (Å²) in [6, 6.07) is 5.28. The number of nitrogens with one attached hydrogen (secondary N) is 2. The molecule has 0 aromatic heterocycles. The van der Waals surface area contributed by atoms with E-state index in [1.165, 1.54) is 12.1 Å². The van der Waals surface area contributed by atoms with E-state index >= 15 is 0 Å². The third-order valence-electron chi connectivity index (χ3n) is 4.21. The Hall–Kier alpha value is -2.15. The first kappa shape index (κ1) is 18.2. The van der Waals surface area contributed by atoms with E-state index in [1.807, 2.05) is 0 Å². The minimum Gasteiger partial charge on any atom is -0.337 e. The van der Waals surface area contributed by atoms with Gasteiger partial charge in [0.25, 0.3) is 0 Å². The Balaban J connectivity index is 1.79. The molecule has 0 unspecified atom stereocenters. The molecule has 24 heavy (non-hydrogen) atoms. The maximum atomic E-state index is 13.0. The lowest BCUT2D eigenvalue weighted by Crippen LogP contribution is -2.45. The van der Waals surface area contributed by atoms with Crippen molar-refractivity contribution in [2.45, 2.75) is 26.3 Å². The van der Waals surface area contributed by atoms with E-state index in [2.05, 4.69) is 29.4 Å². The maximum Gasteiger partial charge on any atom is 0.315 e. The minimum absolute atomic E-state index is 0.0740. The molecular formula is C17H25FN4O2. The number of anilines is 1. The highest BCUT2D eigenvalue weighted by Gasteiger charge is 2.31. The number of urea groups is 1. The number of hydrogen-bond acceptors (Lipinski definition) is 3. The molecule has 2 N–H and O–H groups in total. The number of amides is 3. The van der Waals surface area contributed by atoms with Crippen molar-refractivity contribution in [1.82, 2.24) is 15.5 Å². The van der Waals surface area contributed by atoms with Crippen molar-refractivity contribution < 1.29 is 14.0 Å². The lowest BCUT2D eigenvalue weighted by atomic mass is 10.2. The van der Waals surface area contributed by atoms with Crippen molar-refractivity contribution in [1.29, 1.82) is 0 Å². The van der Waals surface area contributed by atoms with Crippen LogP contribution in [0.15, 0.2) is 24.3 Å². The predicted octanol–water partition coefficient (Wildman–Crippen LogP) is 1.57. The van der Waals surface area contributed by atoms with E-state index in [0.29, 0.717) is 18.8 Å². The summed E-state index contributed by atoms with van der Waals surface area (Å²) in [6.45, 7) is 7.82. The fraction of sp³-hybridized carbons (Fsp3) is 0.529. The number of hydrogen-bond donors (Lipinski definition) is 2. The molecule has 0 radical (unpaired) electrons. The summed E-state index contributed by atoms with van der Waals surface area (Å²) in [5.74, 6) is -0.414. The molecule has 6 nitrogen and oxygen atoms in total. The average molecular weight is 336 g/mol. The fourth-order valence-corrected chi connectivity index (χ4v) is 2.78. The second-order valence-corrected chi connectivity index (χ2v) is 5.81. The molecule has 7 heteroatoms. The van der Waals surface area contributed by atoms with Crippen molar-refractivity contribution in [2.75, 3.05) is 37.6 Å². The van der Waals surface area contributed by atoms with Crippen LogP contribution in [0.5, 0.6) is 0 Å². The SMILES string of the molecule is CCN(CC)CCNC(=O)N[C@H]1CC(=O)N(c2ccc(F)cc2)C1. The number of likely N-dealkylation sites (N-methyl/N-ethyl adjacent to an activating group) is 1. The van der Waals surface area contributed by atoms with E-state index in [0.717, 1.165) is 19.6 Å². The first-order valence-corrected chi connectivity index (χ1v) is 8.36. The topological polar surface area (TPSA) is 64.7 Å². The second-order valence-electron chi connectivity index (χ2n) is 5.81. The molecule has 0 saturated carbocycles. The van der Waals surface area contributed by atoms with Gasteiger partial charge in [0, 0.05) is 31.7 Å². The summed E-state index contributed by atoms with van der Waals surface area (Å²) < 4.78 is 13.0. The molecule has 3 amide bonds. The third kappa shape index (κ3) is 4.92. The maximum absolute atomic E-state index is 13.0. The van der Waals surface area contributed by atoms with Crippen LogP contribution >= 0.6 is 0 Å². The highest BCUT2D eigenvalue weighted by Crippen LogP contribution is 2.21. The van der Waals surface area contributed by atoms with Gasteiger partial charge in [-0.3, -0.25) is 4.79 Å². The van der Waals surface area contributed by atoms with Gasteiger partial charge < -0.3 is 20.4 Å². The molecular weight excluding hydrogens is 311 g/mol. The van der Waals surface area contributed by atoms with Gasteiger partial charge in [0.05, 0.1) is 6.04 Å². The summed E-state index contributed by atoms with van der Waals surface area (Å²) in [7, 11) is 0. The molecule has 1 fully saturated rings. The van der Waals surface area contributed by atoms with Crippen molar-refractivity contribution in [2.24, 2.45) is 0 Å². The van der Waals surface area contributed by atoms with Crippen LogP contribution in [0.25, 0.3) is 0 Å². The van der Waals surface area contributed by atoms with Gasteiger partial charge in [-0.2, -0.15) is 0 Å². The molecule has 1 aromatic rings. The van der Waals surface area contributed by atoms with Gasteiger partial charge >= 0.3 is 6.03 Å². The largest absolute Gasteiger partial charge is 0.337 e. The second kappa shape index (κ2) is 8.63. The third-order valence-corrected chi connectivity index (χ3v) is 4.21. The van der Waals surface area contributed by atoms with Gasteiger partial charge in [-0.1, -0.05) is 13.8 Å². The summed E-state index contributed by atoms with van der Waals surface area (Å²) in [5.41, 5.74) is 0.646. The lowest BCUT2D eigenvalue weighted by Gasteiger charge is -2.19. The van der Waals surface area contributed by atoms with E-state index in [1.54, 1.807) is 17.0 Å². The van der Waals surface area contributed by atoms with Crippen molar-refractivity contribution in [3.8, 4) is 0 Å². The quantitative estimate of drug-likeness (QED) is 0.794. The minimum atomic E-state index is -0.340. The monoisotopic (exact) mass is 336 g/mol. The van der Waals surface area contributed by atoms with Gasteiger partial charge in [-0.15, -0.1) is 0 Å². The first-order valence-electron chi connectivity index (χ1n) is 8.36. The molecule has 0 spiro atoms. The van der Waals surface area contributed by atoms with Gasteiger partial charge in [-0.05, 0) is 37.4 Å². The van der Waals surface area contributed by atoms with Crippen molar-refractivity contribution in [3.63, 3.8) is 0 Å². The Morgan fingerprint density at radius 3 is 2.58 bits per heavy atom. The summed E-state index contributed by atoms with van der Waals surface area (Å²) in [5, 5.41) is 5.64. The zero-order valence-electron chi connectivity index (χ0n) is 14.2. The summed E-state index contributed by atoms with van der Waals surface area (Å²) >= 11 is 0. The average Bonchev–Trinajstić information content (AvgIpc) is 2.92. The Bertz CT molecular complexity index is 560. The Labute approximate surface area is 142 Å². The molecule has 1 atom stereocenters. The van der Waals surface area contributed by atoms with Crippen molar-refractivity contribution in [3.05, 3.63) is 30.1 Å². The van der Waals surface area contributed by atoms with E-state index in [9.17, 15) is 14.0 Å². The highest BCUT2D eigenvalue weighted by atomic mass is 19.1. The van der Waals surface area contributed by atoms with Crippen LogP contribution in [0.4, 0.5) is 14.9 Å². The predicted molar refractivity (Wildman–Crippen MR) is 91.5 cm³/mol. The molecule has 1 saturated heterocycles. The molecule has 0 aliphatic carbocycles. The van der Waals surface area contributed by atoms with E-state index in [4.69, 9.17) is 0 Å². The molecule has 1 aromatic carbocycles. The zero-order valence-corrected chi connectivity index (χ0v) is 14.2. The summed E-state index contributed by atoms with van der Waals surface area (Å²) in [6.07, 6.45) is 0.251. The van der Waals surface area contributed by atoms with Gasteiger partial charge in [-0.25, -0.2) is 9.18 Å². The van der Waals surface area contributed by atoms with E-state index in [-0.39, 0.29) is 30.2 Å². The number of carbonyl (C=O) groups excluding carboxylic acids is 2. The number of nitrogens with zero attached hydrogens (tertiary/aromatic N) is 2. The number of halogens is 1. The Morgan fingerprint density at radius 2 is 1.96 bits per heavy atom. The smallest absolute Gasteiger partial charge is 0.315 e. The number of carbonyl (C=O) groups is 2. The first-order chi connectivity index (χ1) is 11.5. The normalized spacial score (nSPS) is 17.4. The molecule has 2 rings (SSSR count). The van der Waals surface area contributed by atoms with Crippen LogP contribution in [0.2, 0.25) is 0 Å². The van der Waals surface area contributed by atoms with Crippen LogP contribution in [-0.4, -0.2) is 55.6 Å². The lowest BCUT2D eigenvalue weighted by molar-refractivity contribution is -0.117. The molecule has 0 bridgehead atoms. The van der Waals surface area contributed by atoms with Gasteiger partial charge in [0.1, 0.15) is 5.82 Å². The Kier molecular flexibility index (Phi) is 6.54. The van der Waals surface area contributed by atoms with Crippen LogP contribution in [-0.2, 0) is 4.79 Å². The standard InChI is InChI=1S/C17H25FN4O2/c1-3-21(4-2)10-9-19-17(24)20-14-11-16(23)22(12-14)15-7-5-13(18)6-8-15/h5-8,14H,3-4,9-12H2,1-2H3,(H2,19,20,24)/t14-/m0/s1. The molecule has 132 valence electrons. The van der Waals surface area contributed by atoms with Crippen LogP contribution in [0.1, 0.15) is 20.3 Å². The zero-order chi connectivity index (χ0) is 17.5.